The van der Waals surface area contributed by atoms with E-state index < -0.39 is 0 Å². The fourth-order valence-electron chi connectivity index (χ4n) is 2.22. The summed E-state index contributed by atoms with van der Waals surface area (Å²) < 4.78 is 0. The average Bonchev–Trinajstić information content (AvgIpc) is 2.31. The van der Waals surface area contributed by atoms with Gasteiger partial charge in [-0.3, -0.25) is 0 Å². The molecule has 0 saturated carbocycles. The van der Waals surface area contributed by atoms with Crippen LogP contribution in [0, 0.1) is 16.7 Å². The van der Waals surface area contributed by atoms with E-state index in [1.165, 1.54) is 25.9 Å². The lowest BCUT2D eigenvalue weighted by Crippen LogP contribution is -2.40. The molecule has 98 valence electrons. The van der Waals surface area contributed by atoms with Gasteiger partial charge in [-0.1, -0.05) is 20.8 Å². The third-order valence-corrected chi connectivity index (χ3v) is 3.74. The first-order valence-corrected chi connectivity index (χ1v) is 6.93. The first-order valence-electron chi connectivity index (χ1n) is 6.93. The molecule has 0 aromatic rings. The number of hydrogen-bond acceptors (Lipinski definition) is 3. The average molecular weight is 237 g/mol. The standard InChI is InChI=1S/C14H27N3/c1-4-8-16-13(12-15)5-9-17-10-6-14(2,3)7-11-17/h13,16H,4-11H2,1-3H3. The van der Waals surface area contributed by atoms with E-state index in [-0.39, 0.29) is 6.04 Å². The number of nitrogens with zero attached hydrogens (tertiary/aromatic N) is 2. The summed E-state index contributed by atoms with van der Waals surface area (Å²) in [5, 5.41) is 12.3. The van der Waals surface area contributed by atoms with Crippen molar-refractivity contribution >= 4 is 0 Å². The highest BCUT2D eigenvalue weighted by Gasteiger charge is 2.25. The van der Waals surface area contributed by atoms with E-state index in [1.807, 2.05) is 0 Å². The molecule has 0 amide bonds. The zero-order valence-electron chi connectivity index (χ0n) is 11.6. The second-order valence-corrected chi connectivity index (χ2v) is 5.93. The van der Waals surface area contributed by atoms with Gasteiger partial charge in [0.25, 0.3) is 0 Å². The molecule has 1 unspecified atom stereocenters. The summed E-state index contributed by atoms with van der Waals surface area (Å²) in [6.45, 7) is 11.2. The molecular formula is C14H27N3. The van der Waals surface area contributed by atoms with Gasteiger partial charge in [-0.05, 0) is 50.7 Å². The number of hydrogen-bond donors (Lipinski definition) is 1. The Labute approximate surface area is 106 Å². The second kappa shape index (κ2) is 6.98. The van der Waals surface area contributed by atoms with Gasteiger partial charge in [0, 0.05) is 6.54 Å². The van der Waals surface area contributed by atoms with Crippen LogP contribution in [0.2, 0.25) is 0 Å². The summed E-state index contributed by atoms with van der Waals surface area (Å²) >= 11 is 0. The maximum Gasteiger partial charge on any atom is 0.0965 e. The summed E-state index contributed by atoms with van der Waals surface area (Å²) in [5.41, 5.74) is 0.519. The van der Waals surface area contributed by atoms with Crippen LogP contribution in [0.3, 0.4) is 0 Å². The number of rotatable bonds is 6. The molecule has 1 aliphatic rings. The van der Waals surface area contributed by atoms with Gasteiger partial charge >= 0.3 is 0 Å². The van der Waals surface area contributed by atoms with Crippen LogP contribution in [0.15, 0.2) is 0 Å². The summed E-state index contributed by atoms with van der Waals surface area (Å²) in [6.07, 6.45) is 4.62. The first-order chi connectivity index (χ1) is 8.07. The molecule has 1 atom stereocenters. The monoisotopic (exact) mass is 237 g/mol. The molecule has 1 aliphatic heterocycles. The van der Waals surface area contributed by atoms with E-state index in [1.54, 1.807) is 0 Å². The van der Waals surface area contributed by atoms with Crippen LogP contribution < -0.4 is 5.32 Å². The zero-order valence-corrected chi connectivity index (χ0v) is 11.6. The number of nitrogens with one attached hydrogen (secondary N) is 1. The van der Waals surface area contributed by atoms with Crippen LogP contribution in [-0.2, 0) is 0 Å². The Morgan fingerprint density at radius 1 is 1.35 bits per heavy atom. The second-order valence-electron chi connectivity index (χ2n) is 5.93. The van der Waals surface area contributed by atoms with Crippen molar-refractivity contribution in [3.05, 3.63) is 0 Å². The molecule has 1 heterocycles. The van der Waals surface area contributed by atoms with Gasteiger partial charge in [-0.15, -0.1) is 0 Å². The normalized spacial score (nSPS) is 22.0. The number of nitriles is 1. The Morgan fingerprint density at radius 3 is 2.53 bits per heavy atom. The molecule has 3 heteroatoms. The molecule has 0 radical (unpaired) electrons. The summed E-state index contributed by atoms with van der Waals surface area (Å²) in [5.74, 6) is 0. The predicted molar refractivity (Wildman–Crippen MR) is 71.8 cm³/mol. The van der Waals surface area contributed by atoms with Crippen molar-refractivity contribution in [3.63, 3.8) is 0 Å². The third-order valence-electron chi connectivity index (χ3n) is 3.74. The zero-order chi connectivity index (χ0) is 12.7. The van der Waals surface area contributed by atoms with Crippen molar-refractivity contribution in [1.29, 1.82) is 5.26 Å². The van der Waals surface area contributed by atoms with Crippen LogP contribution in [0.5, 0.6) is 0 Å². The van der Waals surface area contributed by atoms with Crippen LogP contribution in [0.4, 0.5) is 0 Å². The van der Waals surface area contributed by atoms with Crippen LogP contribution >= 0.6 is 0 Å². The summed E-state index contributed by atoms with van der Waals surface area (Å²) in [7, 11) is 0. The fourth-order valence-corrected chi connectivity index (χ4v) is 2.22. The van der Waals surface area contributed by atoms with Crippen molar-refractivity contribution in [3.8, 4) is 6.07 Å². The van der Waals surface area contributed by atoms with Gasteiger partial charge in [-0.2, -0.15) is 5.26 Å². The Morgan fingerprint density at radius 2 is 2.00 bits per heavy atom. The SMILES string of the molecule is CCCNC(C#N)CCN1CCC(C)(C)CC1. The van der Waals surface area contributed by atoms with Crippen LogP contribution in [-0.4, -0.2) is 37.1 Å². The van der Waals surface area contributed by atoms with Gasteiger partial charge in [0.05, 0.1) is 12.1 Å². The minimum atomic E-state index is 0.0323. The quantitative estimate of drug-likeness (QED) is 0.771. The molecule has 1 saturated heterocycles. The Balaban J connectivity index is 2.20. The van der Waals surface area contributed by atoms with Gasteiger partial charge in [0.1, 0.15) is 0 Å². The van der Waals surface area contributed by atoms with Crippen molar-refractivity contribution in [2.75, 3.05) is 26.2 Å². The highest BCUT2D eigenvalue weighted by molar-refractivity contribution is 4.90. The maximum absolute atomic E-state index is 9.03. The fraction of sp³-hybridized carbons (Fsp3) is 0.929. The Bertz CT molecular complexity index is 245. The van der Waals surface area contributed by atoms with Gasteiger partial charge in [0.2, 0.25) is 0 Å². The van der Waals surface area contributed by atoms with Crippen molar-refractivity contribution in [1.82, 2.24) is 10.2 Å². The maximum atomic E-state index is 9.03. The lowest BCUT2D eigenvalue weighted by Gasteiger charge is -2.37. The van der Waals surface area contributed by atoms with E-state index in [0.29, 0.717) is 5.41 Å². The Kier molecular flexibility index (Phi) is 5.94. The van der Waals surface area contributed by atoms with Gasteiger partial charge in [0.15, 0.2) is 0 Å². The van der Waals surface area contributed by atoms with E-state index in [9.17, 15) is 0 Å². The molecule has 1 fully saturated rings. The minimum absolute atomic E-state index is 0.0323. The summed E-state index contributed by atoms with van der Waals surface area (Å²) in [4.78, 5) is 2.50. The van der Waals surface area contributed by atoms with Crippen LogP contribution in [0.25, 0.3) is 0 Å². The van der Waals surface area contributed by atoms with E-state index >= 15 is 0 Å². The van der Waals surface area contributed by atoms with Crippen molar-refractivity contribution in [2.45, 2.75) is 52.5 Å². The van der Waals surface area contributed by atoms with Gasteiger partial charge in [-0.25, -0.2) is 0 Å². The lowest BCUT2D eigenvalue weighted by molar-refractivity contribution is 0.130. The highest BCUT2D eigenvalue weighted by atomic mass is 15.1. The predicted octanol–water partition coefficient (Wildman–Crippen LogP) is 2.39. The molecule has 0 spiro atoms. The molecule has 1 rings (SSSR count). The molecule has 0 bridgehead atoms. The molecule has 0 aliphatic carbocycles. The van der Waals surface area contributed by atoms with Crippen molar-refractivity contribution < 1.29 is 0 Å². The molecule has 1 N–H and O–H groups in total. The topological polar surface area (TPSA) is 39.1 Å². The van der Waals surface area contributed by atoms with E-state index in [0.717, 1.165) is 25.9 Å². The van der Waals surface area contributed by atoms with E-state index in [4.69, 9.17) is 5.26 Å². The van der Waals surface area contributed by atoms with Gasteiger partial charge < -0.3 is 10.2 Å². The Hall–Kier alpha value is -0.590. The molecule has 0 aromatic heterocycles. The highest BCUT2D eigenvalue weighted by Crippen LogP contribution is 2.29. The minimum Gasteiger partial charge on any atom is -0.303 e. The summed E-state index contributed by atoms with van der Waals surface area (Å²) in [6, 6.07) is 2.39. The largest absolute Gasteiger partial charge is 0.303 e. The first kappa shape index (κ1) is 14.5. The number of likely N-dealkylation sites (tertiary alicyclic amines) is 1. The smallest absolute Gasteiger partial charge is 0.0965 e. The molecule has 3 nitrogen and oxygen atoms in total. The van der Waals surface area contributed by atoms with Crippen molar-refractivity contribution in [2.24, 2.45) is 5.41 Å². The molecule has 0 aromatic carbocycles. The molecule has 17 heavy (non-hydrogen) atoms. The van der Waals surface area contributed by atoms with E-state index in [2.05, 4.69) is 37.1 Å². The number of piperidine rings is 1. The third kappa shape index (κ3) is 5.52. The lowest BCUT2D eigenvalue weighted by atomic mass is 9.82. The molecular weight excluding hydrogens is 210 g/mol. The van der Waals surface area contributed by atoms with Crippen LogP contribution in [0.1, 0.15) is 46.5 Å².